The van der Waals surface area contributed by atoms with Crippen LogP contribution in [-0.4, -0.2) is 6.54 Å². The summed E-state index contributed by atoms with van der Waals surface area (Å²) in [7, 11) is 0. The van der Waals surface area contributed by atoms with Gasteiger partial charge in [0.15, 0.2) is 0 Å². The predicted octanol–water partition coefficient (Wildman–Crippen LogP) is 3.81. The van der Waals surface area contributed by atoms with E-state index in [9.17, 15) is 0 Å². The van der Waals surface area contributed by atoms with E-state index in [-0.39, 0.29) is 0 Å². The maximum atomic E-state index is 3.73. The van der Waals surface area contributed by atoms with Crippen LogP contribution in [-0.2, 0) is 0 Å². The van der Waals surface area contributed by atoms with Gasteiger partial charge in [0, 0.05) is 6.54 Å². The Kier molecular flexibility index (Phi) is 8.61. The van der Waals surface area contributed by atoms with Gasteiger partial charge in [-0.05, 0) is 31.8 Å². The molecule has 1 heteroatoms. The molecule has 15 heavy (non-hydrogen) atoms. The summed E-state index contributed by atoms with van der Waals surface area (Å²) in [6.07, 6.45) is 10.4. The lowest BCUT2D eigenvalue weighted by atomic mass is 10.1. The van der Waals surface area contributed by atoms with Gasteiger partial charge >= 0.3 is 0 Å². The lowest BCUT2D eigenvalue weighted by molar-refractivity contribution is 0.771. The van der Waals surface area contributed by atoms with E-state index >= 15 is 0 Å². The van der Waals surface area contributed by atoms with E-state index in [1.807, 2.05) is 19.1 Å². The molecule has 0 aromatic rings. The Morgan fingerprint density at radius 3 is 2.87 bits per heavy atom. The summed E-state index contributed by atoms with van der Waals surface area (Å²) in [4.78, 5) is 0. The van der Waals surface area contributed by atoms with Crippen molar-refractivity contribution in [3.05, 3.63) is 42.3 Å². The first-order valence-electron chi connectivity index (χ1n) is 5.65. The highest BCUT2D eigenvalue weighted by Crippen LogP contribution is 1.98. The molecule has 1 nitrogen and oxygen atoms in total. The van der Waals surface area contributed by atoms with Crippen LogP contribution in [0.1, 0.15) is 33.6 Å². The number of nitrogens with one attached hydrogen (secondary N) is 1. The summed E-state index contributed by atoms with van der Waals surface area (Å²) < 4.78 is 0. The molecule has 0 aromatic carbocycles. The molecule has 1 N–H and O–H groups in total. The van der Waals surface area contributed by atoms with Gasteiger partial charge in [-0.15, -0.1) is 12.3 Å². The van der Waals surface area contributed by atoms with Crippen LogP contribution in [0.3, 0.4) is 0 Å². The molecule has 0 saturated carbocycles. The van der Waals surface area contributed by atoms with E-state index in [0.717, 1.165) is 25.1 Å². The fraction of sp³-hybridized carbons (Fsp3) is 0.500. The van der Waals surface area contributed by atoms with Gasteiger partial charge < -0.3 is 5.32 Å². The van der Waals surface area contributed by atoms with Crippen molar-refractivity contribution in [2.75, 3.05) is 6.54 Å². The summed E-state index contributed by atoms with van der Waals surface area (Å²) in [6, 6.07) is 0. The zero-order chi connectivity index (χ0) is 11.5. The standard InChI is InChI=1S/C14H23N/c1-5-12-15-14(4)11-9-7-8-10-13(3)6-2/h6,8-10,13,15H,2,5,7,12H2,1,3-4H3. The summed E-state index contributed by atoms with van der Waals surface area (Å²) in [5.41, 5.74) is 4.33. The van der Waals surface area contributed by atoms with E-state index in [0.29, 0.717) is 5.92 Å². The topological polar surface area (TPSA) is 12.0 Å². The van der Waals surface area contributed by atoms with Gasteiger partial charge in [0.05, 0.1) is 5.70 Å². The number of hydrogen-bond donors (Lipinski definition) is 1. The van der Waals surface area contributed by atoms with Gasteiger partial charge in [0.2, 0.25) is 0 Å². The van der Waals surface area contributed by atoms with Crippen molar-refractivity contribution in [1.29, 1.82) is 0 Å². The van der Waals surface area contributed by atoms with Gasteiger partial charge in [-0.2, -0.15) is 0 Å². The first-order valence-corrected chi connectivity index (χ1v) is 5.65. The van der Waals surface area contributed by atoms with Crippen molar-refractivity contribution in [3.8, 4) is 0 Å². The third-order valence-corrected chi connectivity index (χ3v) is 2.02. The molecule has 0 aliphatic rings. The maximum absolute atomic E-state index is 3.73. The molecule has 1 unspecified atom stereocenters. The van der Waals surface area contributed by atoms with Crippen LogP contribution in [0.2, 0.25) is 0 Å². The van der Waals surface area contributed by atoms with Crippen LogP contribution >= 0.6 is 0 Å². The fourth-order valence-electron chi connectivity index (χ4n) is 1.02. The van der Waals surface area contributed by atoms with Gasteiger partial charge in [-0.1, -0.05) is 32.1 Å². The Bertz CT molecular complexity index is 255. The van der Waals surface area contributed by atoms with Crippen LogP contribution in [0.15, 0.2) is 42.3 Å². The van der Waals surface area contributed by atoms with Gasteiger partial charge in [0.25, 0.3) is 0 Å². The number of rotatable bonds is 7. The van der Waals surface area contributed by atoms with E-state index in [4.69, 9.17) is 0 Å². The Morgan fingerprint density at radius 1 is 1.53 bits per heavy atom. The van der Waals surface area contributed by atoms with E-state index in [1.165, 1.54) is 0 Å². The quantitative estimate of drug-likeness (QED) is 0.492. The second kappa shape index (κ2) is 9.36. The SMILES string of the molecule is C=CC(C)C=CCC=C=C(C)NCCC. The molecule has 0 aliphatic carbocycles. The molecule has 0 amide bonds. The molecule has 0 rings (SSSR count). The van der Waals surface area contributed by atoms with Crippen molar-refractivity contribution in [2.24, 2.45) is 5.92 Å². The number of allylic oxidation sites excluding steroid dienone is 4. The van der Waals surface area contributed by atoms with Crippen LogP contribution in [0.5, 0.6) is 0 Å². The molecular formula is C14H23N. The fourth-order valence-corrected chi connectivity index (χ4v) is 1.02. The van der Waals surface area contributed by atoms with Crippen molar-refractivity contribution in [3.63, 3.8) is 0 Å². The highest BCUT2D eigenvalue weighted by atomic mass is 14.9. The monoisotopic (exact) mass is 205 g/mol. The average molecular weight is 205 g/mol. The largest absolute Gasteiger partial charge is 0.382 e. The first-order chi connectivity index (χ1) is 7.20. The third-order valence-electron chi connectivity index (χ3n) is 2.02. The Morgan fingerprint density at radius 2 is 2.27 bits per heavy atom. The molecule has 0 radical (unpaired) electrons. The molecule has 0 spiro atoms. The van der Waals surface area contributed by atoms with Crippen LogP contribution in [0, 0.1) is 5.92 Å². The van der Waals surface area contributed by atoms with E-state index < -0.39 is 0 Å². The number of hydrogen-bond acceptors (Lipinski definition) is 1. The lowest BCUT2D eigenvalue weighted by Crippen LogP contribution is -2.10. The minimum absolute atomic E-state index is 0.460. The minimum atomic E-state index is 0.460. The minimum Gasteiger partial charge on any atom is -0.382 e. The summed E-state index contributed by atoms with van der Waals surface area (Å²) in [5.74, 6) is 0.460. The molecule has 0 aliphatic heterocycles. The van der Waals surface area contributed by atoms with Crippen molar-refractivity contribution >= 4 is 0 Å². The Labute approximate surface area is 94.3 Å². The zero-order valence-electron chi connectivity index (χ0n) is 10.2. The van der Waals surface area contributed by atoms with Gasteiger partial charge in [0.1, 0.15) is 0 Å². The van der Waals surface area contributed by atoms with Gasteiger partial charge in [-0.3, -0.25) is 0 Å². The summed E-state index contributed by atoms with van der Waals surface area (Å²) >= 11 is 0. The average Bonchev–Trinajstić information content (AvgIpc) is 2.25. The van der Waals surface area contributed by atoms with E-state index in [2.05, 4.69) is 43.6 Å². The highest BCUT2D eigenvalue weighted by Gasteiger charge is 1.84. The highest BCUT2D eigenvalue weighted by molar-refractivity contribution is 5.01. The molecule has 0 heterocycles. The second-order valence-electron chi connectivity index (χ2n) is 3.66. The molecule has 0 bridgehead atoms. The predicted molar refractivity (Wildman–Crippen MR) is 68.7 cm³/mol. The molecule has 0 aromatic heterocycles. The van der Waals surface area contributed by atoms with E-state index in [1.54, 1.807) is 0 Å². The van der Waals surface area contributed by atoms with Crippen LogP contribution in [0.4, 0.5) is 0 Å². The van der Waals surface area contributed by atoms with Crippen LogP contribution in [0.25, 0.3) is 0 Å². The summed E-state index contributed by atoms with van der Waals surface area (Å²) in [6.45, 7) is 11.1. The third kappa shape index (κ3) is 9.11. The van der Waals surface area contributed by atoms with Crippen LogP contribution < -0.4 is 5.32 Å². The molecule has 84 valence electrons. The normalized spacial score (nSPS) is 11.9. The van der Waals surface area contributed by atoms with Crippen molar-refractivity contribution in [1.82, 2.24) is 5.32 Å². The smallest absolute Gasteiger partial charge is 0.0503 e. The van der Waals surface area contributed by atoms with Gasteiger partial charge in [-0.25, -0.2) is 0 Å². The lowest BCUT2D eigenvalue weighted by Gasteiger charge is -1.99. The molecule has 0 saturated heterocycles. The first kappa shape index (κ1) is 13.8. The molecule has 0 fully saturated rings. The van der Waals surface area contributed by atoms with Crippen molar-refractivity contribution < 1.29 is 0 Å². The summed E-state index contributed by atoms with van der Waals surface area (Å²) in [5, 5.41) is 3.28. The Hall–Kier alpha value is -1.20. The zero-order valence-corrected chi connectivity index (χ0v) is 10.2. The maximum Gasteiger partial charge on any atom is 0.0503 e. The molecular weight excluding hydrogens is 182 g/mol. The Balaban J connectivity index is 3.86. The molecule has 1 atom stereocenters. The second-order valence-corrected chi connectivity index (χ2v) is 3.66. The van der Waals surface area contributed by atoms with Crippen molar-refractivity contribution in [2.45, 2.75) is 33.6 Å².